The number of aliphatic carboxylic acids is 1. The van der Waals surface area contributed by atoms with Crippen LogP contribution in [0.5, 0.6) is 0 Å². The summed E-state index contributed by atoms with van der Waals surface area (Å²) in [6, 6.07) is 17.6. The molecule has 39 heavy (non-hydrogen) atoms. The highest BCUT2D eigenvalue weighted by Crippen LogP contribution is 2.22. The average Bonchev–Trinajstić information content (AvgIpc) is 3.48. The molecule has 2 saturated heterocycles. The number of rotatable bonds is 12. The van der Waals surface area contributed by atoms with E-state index in [0.717, 1.165) is 43.4 Å². The lowest BCUT2D eigenvalue weighted by Crippen LogP contribution is -2.57. The van der Waals surface area contributed by atoms with Crippen LogP contribution in [0.15, 0.2) is 60.7 Å². The zero-order valence-electron chi connectivity index (χ0n) is 22.4. The minimum Gasteiger partial charge on any atom is -0.481 e. The minimum absolute atomic E-state index is 0.0201. The number of carboxylic acids is 1. The van der Waals surface area contributed by atoms with Crippen molar-refractivity contribution in [2.24, 2.45) is 5.92 Å². The van der Waals surface area contributed by atoms with Crippen molar-refractivity contribution in [2.75, 3.05) is 13.1 Å². The summed E-state index contributed by atoms with van der Waals surface area (Å²) in [5.74, 6) is -2.31. The Morgan fingerprint density at radius 3 is 2.15 bits per heavy atom. The van der Waals surface area contributed by atoms with Crippen molar-refractivity contribution in [1.29, 1.82) is 0 Å². The molecule has 2 amide bonds. The molecule has 0 radical (unpaired) electrons. The van der Waals surface area contributed by atoms with E-state index < -0.39 is 24.0 Å². The Kier molecular flexibility index (Phi) is 10.3. The van der Waals surface area contributed by atoms with Gasteiger partial charge in [-0.1, -0.05) is 60.7 Å². The highest BCUT2D eigenvalue weighted by atomic mass is 16.4. The Bertz CT molecular complexity index is 1120. The van der Waals surface area contributed by atoms with Crippen LogP contribution < -0.4 is 10.6 Å². The first-order valence-electron chi connectivity index (χ1n) is 14.1. The van der Waals surface area contributed by atoms with Gasteiger partial charge in [-0.2, -0.15) is 0 Å². The van der Waals surface area contributed by atoms with Gasteiger partial charge in [0.05, 0.1) is 12.0 Å². The first-order chi connectivity index (χ1) is 18.9. The third-order valence-corrected chi connectivity index (χ3v) is 7.74. The minimum atomic E-state index is -1.01. The quantitative estimate of drug-likeness (QED) is 0.386. The van der Waals surface area contributed by atoms with Crippen LogP contribution in [0.2, 0.25) is 0 Å². The molecular weight excluding hydrogens is 494 g/mol. The number of hydrogen-bond acceptors (Lipinski definition) is 5. The lowest BCUT2D eigenvalue weighted by Gasteiger charge is -2.37. The van der Waals surface area contributed by atoms with Gasteiger partial charge in [-0.15, -0.1) is 0 Å². The van der Waals surface area contributed by atoms with Crippen LogP contribution >= 0.6 is 0 Å². The number of Topliss-reactive ketones (excluding diaryl/α,β-unsaturated/α-hetero) is 1. The monoisotopic (exact) mass is 533 g/mol. The van der Waals surface area contributed by atoms with Crippen LogP contribution in [0.4, 0.5) is 0 Å². The third kappa shape index (κ3) is 8.23. The number of nitrogens with zero attached hydrogens (tertiary/aromatic N) is 1. The van der Waals surface area contributed by atoms with Crippen molar-refractivity contribution < 1.29 is 24.3 Å². The average molecular weight is 534 g/mol. The van der Waals surface area contributed by atoms with E-state index in [0.29, 0.717) is 19.4 Å². The second-order valence-electron chi connectivity index (χ2n) is 10.8. The summed E-state index contributed by atoms with van der Waals surface area (Å²) in [5, 5.41) is 16.1. The first kappa shape index (κ1) is 28.5. The Labute approximate surface area is 230 Å². The number of hydrogen-bond donors (Lipinski definition) is 3. The molecule has 208 valence electrons. The van der Waals surface area contributed by atoms with Crippen molar-refractivity contribution in [1.82, 2.24) is 15.5 Å². The first-order valence-corrected chi connectivity index (χ1v) is 14.1. The zero-order valence-corrected chi connectivity index (χ0v) is 22.4. The molecule has 4 atom stereocenters. The second kappa shape index (κ2) is 14.0. The number of carbonyl (C=O) groups excluding carboxylic acids is 3. The van der Waals surface area contributed by atoms with Gasteiger partial charge in [0.1, 0.15) is 11.8 Å². The van der Waals surface area contributed by atoms with Crippen LogP contribution in [0.25, 0.3) is 0 Å². The predicted octanol–water partition coefficient (Wildman–Crippen LogP) is 3.14. The number of nitrogens with one attached hydrogen (secondary N) is 2. The summed E-state index contributed by atoms with van der Waals surface area (Å²) in [4.78, 5) is 53.6. The van der Waals surface area contributed by atoms with Crippen molar-refractivity contribution >= 4 is 23.6 Å². The van der Waals surface area contributed by atoms with Gasteiger partial charge in [0.15, 0.2) is 0 Å². The number of carbonyl (C=O) groups is 4. The Morgan fingerprint density at radius 1 is 0.872 bits per heavy atom. The van der Waals surface area contributed by atoms with Crippen LogP contribution in [-0.2, 0) is 32.0 Å². The number of piperidine rings is 1. The summed E-state index contributed by atoms with van der Waals surface area (Å²) >= 11 is 0. The molecule has 0 aliphatic carbocycles. The molecule has 0 unspecified atom stereocenters. The molecular formula is C31H39N3O5. The maximum atomic E-state index is 13.6. The van der Waals surface area contributed by atoms with E-state index >= 15 is 0 Å². The summed E-state index contributed by atoms with van der Waals surface area (Å²) in [7, 11) is 0. The molecule has 0 aromatic heterocycles. The number of likely N-dealkylation sites (tertiary alicyclic amines) is 1. The third-order valence-electron chi connectivity index (χ3n) is 7.74. The van der Waals surface area contributed by atoms with Crippen molar-refractivity contribution in [3.05, 3.63) is 71.8 Å². The van der Waals surface area contributed by atoms with Gasteiger partial charge in [-0.05, 0) is 62.6 Å². The molecule has 2 aliphatic rings. The fourth-order valence-electron chi connectivity index (χ4n) is 5.71. The smallest absolute Gasteiger partial charge is 0.307 e. The number of carboxylic acid groups (broad SMARTS) is 1. The fourth-order valence-corrected chi connectivity index (χ4v) is 5.71. The summed E-state index contributed by atoms with van der Waals surface area (Å²) in [6.45, 7) is 1.36. The molecule has 4 rings (SSSR count). The van der Waals surface area contributed by atoms with Crippen molar-refractivity contribution in [3.63, 3.8) is 0 Å². The number of amides is 2. The maximum Gasteiger partial charge on any atom is 0.307 e. The largest absolute Gasteiger partial charge is 0.481 e. The molecule has 2 heterocycles. The Hall–Kier alpha value is -3.52. The van der Waals surface area contributed by atoms with E-state index in [2.05, 4.69) is 10.6 Å². The Morgan fingerprint density at radius 2 is 1.54 bits per heavy atom. The van der Waals surface area contributed by atoms with Gasteiger partial charge in [0, 0.05) is 25.4 Å². The second-order valence-corrected chi connectivity index (χ2v) is 10.8. The highest BCUT2D eigenvalue weighted by molar-refractivity contribution is 5.91. The van der Waals surface area contributed by atoms with Gasteiger partial charge < -0.3 is 20.6 Å². The molecule has 2 aliphatic heterocycles. The van der Waals surface area contributed by atoms with Crippen LogP contribution in [0.3, 0.4) is 0 Å². The maximum absolute atomic E-state index is 13.6. The number of ketones is 1. The highest BCUT2D eigenvalue weighted by Gasteiger charge is 2.37. The van der Waals surface area contributed by atoms with E-state index in [1.807, 2.05) is 60.7 Å². The van der Waals surface area contributed by atoms with Crippen molar-refractivity contribution in [2.45, 2.75) is 75.9 Å². The predicted molar refractivity (Wildman–Crippen MR) is 148 cm³/mol. The molecule has 2 fully saturated rings. The topological polar surface area (TPSA) is 116 Å². The van der Waals surface area contributed by atoms with Gasteiger partial charge in [-0.25, -0.2) is 0 Å². The van der Waals surface area contributed by atoms with E-state index in [9.17, 15) is 24.3 Å². The van der Waals surface area contributed by atoms with E-state index in [1.54, 1.807) is 4.90 Å². The summed E-state index contributed by atoms with van der Waals surface area (Å²) in [6.07, 6.45) is 4.69. The lowest BCUT2D eigenvalue weighted by molar-refractivity contribution is -0.144. The van der Waals surface area contributed by atoms with Gasteiger partial charge in [0.25, 0.3) is 0 Å². The molecule has 0 saturated carbocycles. The standard InChI is InChI=1S/C31H39N3O5/c35-26(20-24(31(38)39)18-22-10-3-1-4-11-22)21-25(19-23-12-5-2-6-13-23)33-29(36)28-15-7-8-17-34(28)30(37)27-14-9-16-32-27/h1-6,10-13,24-25,27-28,32H,7-9,14-21H2,(H,33,36)(H,38,39)/t24-,25+,27+,28+/m1/s1. The molecule has 8 nitrogen and oxygen atoms in total. The SMILES string of the molecule is O=C(C[C@H](Cc1ccccc1)NC(=O)[C@@H]1CCCCN1C(=O)[C@@H]1CCCN1)C[C@@H](Cc1ccccc1)C(=O)O. The van der Waals surface area contributed by atoms with Gasteiger partial charge in [-0.3, -0.25) is 19.2 Å². The van der Waals surface area contributed by atoms with Gasteiger partial charge in [0.2, 0.25) is 11.8 Å². The summed E-state index contributed by atoms with van der Waals surface area (Å²) in [5.41, 5.74) is 1.84. The molecule has 0 spiro atoms. The normalized spacial score (nSPS) is 20.7. The number of benzene rings is 2. The van der Waals surface area contributed by atoms with Crippen molar-refractivity contribution in [3.8, 4) is 0 Å². The van der Waals surface area contributed by atoms with E-state index in [-0.39, 0.29) is 42.9 Å². The summed E-state index contributed by atoms with van der Waals surface area (Å²) < 4.78 is 0. The molecule has 2 aromatic carbocycles. The lowest BCUT2D eigenvalue weighted by atomic mass is 9.91. The fraction of sp³-hybridized carbons (Fsp3) is 0.484. The van der Waals surface area contributed by atoms with E-state index in [1.165, 1.54) is 0 Å². The van der Waals surface area contributed by atoms with Crippen LogP contribution in [-0.4, -0.2) is 64.8 Å². The Balaban J connectivity index is 1.44. The molecule has 0 bridgehead atoms. The van der Waals surface area contributed by atoms with Crippen LogP contribution in [0, 0.1) is 5.92 Å². The molecule has 8 heteroatoms. The zero-order chi connectivity index (χ0) is 27.6. The molecule has 2 aromatic rings. The van der Waals surface area contributed by atoms with E-state index in [4.69, 9.17) is 0 Å². The van der Waals surface area contributed by atoms with Gasteiger partial charge >= 0.3 is 5.97 Å². The van der Waals surface area contributed by atoms with Crippen LogP contribution in [0.1, 0.15) is 56.1 Å². The molecule has 3 N–H and O–H groups in total.